The summed E-state index contributed by atoms with van der Waals surface area (Å²) in [5.41, 5.74) is 0.311. The van der Waals surface area contributed by atoms with Crippen LogP contribution < -0.4 is 0 Å². The highest BCUT2D eigenvalue weighted by molar-refractivity contribution is 5.70. The second-order valence-electron chi connectivity index (χ2n) is 9.90. The first kappa shape index (κ1) is 26.9. The van der Waals surface area contributed by atoms with Crippen molar-refractivity contribution in [2.45, 2.75) is 112 Å². The number of carbonyl (C=O) groups is 2. The van der Waals surface area contributed by atoms with E-state index in [1.165, 1.54) is 19.3 Å². The lowest BCUT2D eigenvalue weighted by atomic mass is 9.84. The predicted molar refractivity (Wildman–Crippen MR) is 116 cm³/mol. The van der Waals surface area contributed by atoms with Gasteiger partial charge in [-0.05, 0) is 49.4 Å². The molecule has 28 heavy (non-hydrogen) atoms. The molecule has 0 aromatic heterocycles. The second-order valence-corrected chi connectivity index (χ2v) is 9.90. The summed E-state index contributed by atoms with van der Waals surface area (Å²) < 4.78 is 10.6. The highest BCUT2D eigenvalue weighted by Gasteiger charge is 2.15. The highest BCUT2D eigenvalue weighted by atomic mass is 16.5. The molecule has 0 heterocycles. The van der Waals surface area contributed by atoms with Gasteiger partial charge < -0.3 is 9.47 Å². The zero-order chi connectivity index (χ0) is 21.4. The standard InChI is InChI=1S/C24H46O4/c1-20(2)13-9-7-8-12-17-27-22(25)14-10-11-15-23(26)28-18-16-21(3)19-24(4,5)6/h20-21H,7-19H2,1-6H3. The fourth-order valence-corrected chi connectivity index (χ4v) is 3.40. The molecule has 0 aliphatic carbocycles. The van der Waals surface area contributed by atoms with Crippen LogP contribution in [0.15, 0.2) is 0 Å². The van der Waals surface area contributed by atoms with Crippen molar-refractivity contribution in [3.05, 3.63) is 0 Å². The van der Waals surface area contributed by atoms with E-state index in [2.05, 4.69) is 41.5 Å². The SMILES string of the molecule is CC(C)CCCCCCOC(=O)CCCCC(=O)OCCC(C)CC(C)(C)C. The lowest BCUT2D eigenvalue weighted by molar-refractivity contribution is -0.146. The van der Waals surface area contributed by atoms with Crippen LogP contribution in [0.3, 0.4) is 0 Å². The lowest BCUT2D eigenvalue weighted by Crippen LogP contribution is -2.14. The minimum absolute atomic E-state index is 0.147. The third-order valence-electron chi connectivity index (χ3n) is 4.79. The molecule has 0 rings (SSSR count). The van der Waals surface area contributed by atoms with E-state index in [9.17, 15) is 9.59 Å². The molecule has 0 aliphatic rings. The van der Waals surface area contributed by atoms with Crippen molar-refractivity contribution in [2.24, 2.45) is 17.3 Å². The van der Waals surface area contributed by atoms with Gasteiger partial charge in [0.1, 0.15) is 0 Å². The summed E-state index contributed by atoms with van der Waals surface area (Å²) in [6.45, 7) is 14.4. The van der Waals surface area contributed by atoms with Gasteiger partial charge in [-0.25, -0.2) is 0 Å². The molecule has 0 fully saturated rings. The minimum atomic E-state index is -0.155. The molecule has 0 amide bonds. The molecule has 0 aliphatic heterocycles. The molecule has 1 unspecified atom stereocenters. The number of rotatable bonds is 16. The summed E-state index contributed by atoms with van der Waals surface area (Å²) in [4.78, 5) is 23.4. The van der Waals surface area contributed by atoms with E-state index < -0.39 is 0 Å². The van der Waals surface area contributed by atoms with Gasteiger partial charge in [0, 0.05) is 12.8 Å². The average molecular weight is 399 g/mol. The monoisotopic (exact) mass is 398 g/mol. The van der Waals surface area contributed by atoms with Gasteiger partial charge in [0.25, 0.3) is 0 Å². The third-order valence-corrected chi connectivity index (χ3v) is 4.79. The zero-order valence-electron chi connectivity index (χ0n) is 19.5. The second kappa shape index (κ2) is 15.8. The number of hydrogen-bond acceptors (Lipinski definition) is 4. The maximum atomic E-state index is 11.8. The number of carbonyl (C=O) groups excluding carboxylic acids is 2. The van der Waals surface area contributed by atoms with E-state index in [0.717, 1.165) is 31.6 Å². The maximum absolute atomic E-state index is 11.8. The molecule has 0 saturated heterocycles. The lowest BCUT2D eigenvalue weighted by Gasteiger charge is -2.22. The van der Waals surface area contributed by atoms with E-state index in [1.54, 1.807) is 0 Å². The molecule has 0 aromatic carbocycles. The largest absolute Gasteiger partial charge is 0.466 e. The molecular formula is C24H46O4. The summed E-state index contributed by atoms with van der Waals surface area (Å²) in [6.07, 6.45) is 10.0. The van der Waals surface area contributed by atoms with Gasteiger partial charge in [-0.1, -0.05) is 67.2 Å². The number of esters is 2. The molecule has 0 bridgehead atoms. The fourth-order valence-electron chi connectivity index (χ4n) is 3.40. The van der Waals surface area contributed by atoms with Crippen molar-refractivity contribution in [3.63, 3.8) is 0 Å². The average Bonchev–Trinajstić information content (AvgIpc) is 2.56. The van der Waals surface area contributed by atoms with Crippen molar-refractivity contribution >= 4 is 11.9 Å². The summed E-state index contributed by atoms with van der Waals surface area (Å²) in [7, 11) is 0. The molecule has 0 spiro atoms. The first-order chi connectivity index (χ1) is 13.1. The van der Waals surface area contributed by atoms with Crippen molar-refractivity contribution in [2.75, 3.05) is 13.2 Å². The summed E-state index contributed by atoms with van der Waals surface area (Å²) >= 11 is 0. The zero-order valence-corrected chi connectivity index (χ0v) is 19.5. The number of hydrogen-bond donors (Lipinski definition) is 0. The molecule has 0 radical (unpaired) electrons. The summed E-state index contributed by atoms with van der Waals surface area (Å²) in [5.74, 6) is 1.02. The Morgan fingerprint density at radius 1 is 0.714 bits per heavy atom. The van der Waals surface area contributed by atoms with Crippen LogP contribution in [0.5, 0.6) is 0 Å². The van der Waals surface area contributed by atoms with Crippen LogP contribution in [0.1, 0.15) is 112 Å². The maximum Gasteiger partial charge on any atom is 0.305 e. The van der Waals surface area contributed by atoms with Gasteiger partial charge in [0.05, 0.1) is 13.2 Å². The Balaban J connectivity index is 3.50. The van der Waals surface area contributed by atoms with E-state index >= 15 is 0 Å². The van der Waals surface area contributed by atoms with Gasteiger partial charge in [0.15, 0.2) is 0 Å². The highest BCUT2D eigenvalue weighted by Crippen LogP contribution is 2.25. The quantitative estimate of drug-likeness (QED) is 0.214. The van der Waals surface area contributed by atoms with E-state index in [4.69, 9.17) is 9.47 Å². The first-order valence-corrected chi connectivity index (χ1v) is 11.4. The van der Waals surface area contributed by atoms with E-state index in [-0.39, 0.29) is 11.9 Å². The molecule has 0 aromatic rings. The van der Waals surface area contributed by atoms with Crippen molar-refractivity contribution in [1.82, 2.24) is 0 Å². The predicted octanol–water partition coefficient (Wildman–Crippen LogP) is 6.70. The van der Waals surface area contributed by atoms with Crippen LogP contribution in [-0.4, -0.2) is 25.2 Å². The van der Waals surface area contributed by atoms with Crippen LogP contribution in [-0.2, 0) is 19.1 Å². The van der Waals surface area contributed by atoms with Gasteiger partial charge >= 0.3 is 11.9 Å². The molecular weight excluding hydrogens is 352 g/mol. The molecule has 4 nitrogen and oxygen atoms in total. The van der Waals surface area contributed by atoms with Gasteiger partial charge in [-0.15, -0.1) is 0 Å². The summed E-state index contributed by atoms with van der Waals surface area (Å²) in [6, 6.07) is 0. The topological polar surface area (TPSA) is 52.6 Å². The Hall–Kier alpha value is -1.06. The van der Waals surface area contributed by atoms with E-state index in [0.29, 0.717) is 50.2 Å². The molecule has 0 saturated carbocycles. The van der Waals surface area contributed by atoms with Crippen LogP contribution in [0.25, 0.3) is 0 Å². The van der Waals surface area contributed by atoms with E-state index in [1.807, 2.05) is 0 Å². The minimum Gasteiger partial charge on any atom is -0.466 e. The van der Waals surface area contributed by atoms with Gasteiger partial charge in [-0.3, -0.25) is 9.59 Å². The van der Waals surface area contributed by atoms with Crippen molar-refractivity contribution < 1.29 is 19.1 Å². The van der Waals surface area contributed by atoms with Crippen molar-refractivity contribution in [1.29, 1.82) is 0 Å². The Morgan fingerprint density at radius 3 is 1.79 bits per heavy atom. The Morgan fingerprint density at radius 2 is 1.25 bits per heavy atom. The third kappa shape index (κ3) is 19.7. The fraction of sp³-hybridized carbons (Fsp3) is 0.917. The van der Waals surface area contributed by atoms with Gasteiger partial charge in [-0.2, -0.15) is 0 Å². The smallest absolute Gasteiger partial charge is 0.305 e. The normalized spacial score (nSPS) is 12.8. The first-order valence-electron chi connectivity index (χ1n) is 11.4. The van der Waals surface area contributed by atoms with Crippen molar-refractivity contribution in [3.8, 4) is 0 Å². The number of ether oxygens (including phenoxy) is 2. The van der Waals surface area contributed by atoms with Crippen LogP contribution in [0, 0.1) is 17.3 Å². The Labute approximate surface area is 174 Å². The molecule has 166 valence electrons. The van der Waals surface area contributed by atoms with Crippen LogP contribution >= 0.6 is 0 Å². The van der Waals surface area contributed by atoms with Gasteiger partial charge in [0.2, 0.25) is 0 Å². The number of unbranched alkanes of at least 4 members (excludes halogenated alkanes) is 4. The Kier molecular flexibility index (Phi) is 15.2. The Bertz CT molecular complexity index is 409. The molecule has 1 atom stereocenters. The molecule has 0 N–H and O–H groups in total. The molecule has 4 heteroatoms. The van der Waals surface area contributed by atoms with Crippen LogP contribution in [0.2, 0.25) is 0 Å². The van der Waals surface area contributed by atoms with Crippen LogP contribution in [0.4, 0.5) is 0 Å². The summed E-state index contributed by atoms with van der Waals surface area (Å²) in [5, 5.41) is 0.